The van der Waals surface area contributed by atoms with Gasteiger partial charge in [0.25, 0.3) is 0 Å². The monoisotopic (exact) mass is 377 g/mol. The maximum absolute atomic E-state index is 6.22. The zero-order valence-electron chi connectivity index (χ0n) is 9.12. The van der Waals surface area contributed by atoms with Crippen molar-refractivity contribution < 1.29 is 0 Å². The van der Waals surface area contributed by atoms with Crippen LogP contribution in [0.25, 0.3) is 11.4 Å². The van der Waals surface area contributed by atoms with Gasteiger partial charge < -0.3 is 4.57 Å². The predicted octanol–water partition coefficient (Wildman–Crippen LogP) is 4.28. The van der Waals surface area contributed by atoms with Crippen LogP contribution in [-0.2, 0) is 11.9 Å². The standard InChI is InChI=1S/C11H10Br2ClN3/c1-2-17-10(6-12)15-16-11(17)8-4-3-7(13)5-9(8)14/h3-5H,2,6H2,1H3. The normalized spacial score (nSPS) is 10.8. The molecule has 6 heteroatoms. The van der Waals surface area contributed by atoms with Gasteiger partial charge in [-0.05, 0) is 25.1 Å². The Bertz CT molecular complexity index is 540. The number of hydrogen-bond donors (Lipinski definition) is 0. The minimum absolute atomic E-state index is 0.669. The van der Waals surface area contributed by atoms with Crippen LogP contribution >= 0.6 is 43.5 Å². The highest BCUT2D eigenvalue weighted by Crippen LogP contribution is 2.29. The number of hydrogen-bond acceptors (Lipinski definition) is 2. The lowest BCUT2D eigenvalue weighted by Gasteiger charge is -2.07. The van der Waals surface area contributed by atoms with Gasteiger partial charge in [0.1, 0.15) is 5.82 Å². The van der Waals surface area contributed by atoms with E-state index in [9.17, 15) is 0 Å². The molecular weight excluding hydrogens is 369 g/mol. The van der Waals surface area contributed by atoms with Gasteiger partial charge in [0, 0.05) is 16.6 Å². The first-order chi connectivity index (χ1) is 8.17. The minimum Gasteiger partial charge on any atom is -0.311 e. The van der Waals surface area contributed by atoms with Gasteiger partial charge in [0.2, 0.25) is 0 Å². The van der Waals surface area contributed by atoms with Gasteiger partial charge in [-0.2, -0.15) is 0 Å². The zero-order valence-corrected chi connectivity index (χ0v) is 13.0. The first-order valence-electron chi connectivity index (χ1n) is 5.10. The van der Waals surface area contributed by atoms with Gasteiger partial charge in [-0.3, -0.25) is 0 Å². The molecule has 1 aromatic carbocycles. The molecule has 0 bridgehead atoms. The number of alkyl halides is 1. The van der Waals surface area contributed by atoms with Gasteiger partial charge in [-0.15, -0.1) is 10.2 Å². The van der Waals surface area contributed by atoms with Crippen LogP contribution in [0.2, 0.25) is 5.02 Å². The van der Waals surface area contributed by atoms with E-state index < -0.39 is 0 Å². The van der Waals surface area contributed by atoms with E-state index in [0.717, 1.165) is 28.2 Å². The molecule has 0 aliphatic carbocycles. The molecule has 0 amide bonds. The van der Waals surface area contributed by atoms with Crippen molar-refractivity contribution >= 4 is 43.5 Å². The molecule has 0 saturated heterocycles. The van der Waals surface area contributed by atoms with Crippen LogP contribution < -0.4 is 0 Å². The Morgan fingerprint density at radius 1 is 1.35 bits per heavy atom. The van der Waals surface area contributed by atoms with E-state index in [-0.39, 0.29) is 0 Å². The fraction of sp³-hybridized carbons (Fsp3) is 0.273. The average molecular weight is 379 g/mol. The third-order valence-electron chi connectivity index (χ3n) is 2.44. The molecule has 1 heterocycles. The molecule has 0 fully saturated rings. The summed E-state index contributed by atoms with van der Waals surface area (Å²) in [7, 11) is 0. The van der Waals surface area contributed by atoms with Crippen molar-refractivity contribution in [1.29, 1.82) is 0 Å². The van der Waals surface area contributed by atoms with Crippen molar-refractivity contribution in [2.75, 3.05) is 0 Å². The molecule has 0 atom stereocenters. The van der Waals surface area contributed by atoms with Gasteiger partial charge in [0.05, 0.1) is 10.4 Å². The summed E-state index contributed by atoms with van der Waals surface area (Å²) in [6, 6.07) is 5.75. The van der Waals surface area contributed by atoms with Crippen LogP contribution in [0.1, 0.15) is 12.7 Å². The Morgan fingerprint density at radius 3 is 2.71 bits per heavy atom. The third-order valence-corrected chi connectivity index (χ3v) is 3.74. The smallest absolute Gasteiger partial charge is 0.165 e. The molecule has 0 saturated carbocycles. The van der Waals surface area contributed by atoms with Crippen molar-refractivity contribution in [2.24, 2.45) is 0 Å². The van der Waals surface area contributed by atoms with Crippen molar-refractivity contribution in [1.82, 2.24) is 14.8 Å². The molecule has 0 radical (unpaired) electrons. The number of aromatic nitrogens is 3. The predicted molar refractivity (Wildman–Crippen MR) is 76.5 cm³/mol. The van der Waals surface area contributed by atoms with Crippen LogP contribution in [0.15, 0.2) is 22.7 Å². The summed E-state index contributed by atoms with van der Waals surface area (Å²) in [4.78, 5) is 0. The topological polar surface area (TPSA) is 30.7 Å². The summed E-state index contributed by atoms with van der Waals surface area (Å²) >= 11 is 13.0. The Balaban J connectivity index is 2.56. The SMILES string of the molecule is CCn1c(CBr)nnc1-c1ccc(Br)cc1Cl. The molecule has 1 aromatic heterocycles. The highest BCUT2D eigenvalue weighted by Gasteiger charge is 2.14. The number of benzene rings is 1. The summed E-state index contributed by atoms with van der Waals surface area (Å²) in [6.07, 6.45) is 0. The molecule has 0 spiro atoms. The first-order valence-corrected chi connectivity index (χ1v) is 7.40. The number of rotatable bonds is 3. The van der Waals surface area contributed by atoms with E-state index in [1.165, 1.54) is 0 Å². The average Bonchev–Trinajstić information content (AvgIpc) is 2.71. The lowest BCUT2D eigenvalue weighted by molar-refractivity contribution is 0.733. The van der Waals surface area contributed by atoms with Crippen molar-refractivity contribution in [2.45, 2.75) is 18.8 Å². The number of nitrogens with zero attached hydrogens (tertiary/aromatic N) is 3. The van der Waals surface area contributed by atoms with Crippen LogP contribution in [-0.4, -0.2) is 14.8 Å². The number of halogens is 3. The van der Waals surface area contributed by atoms with E-state index >= 15 is 0 Å². The maximum Gasteiger partial charge on any atom is 0.165 e. The van der Waals surface area contributed by atoms with Gasteiger partial charge in [0.15, 0.2) is 5.82 Å². The Kier molecular flexibility index (Phi) is 4.22. The summed E-state index contributed by atoms with van der Waals surface area (Å²) in [5, 5.41) is 9.69. The molecule has 2 rings (SSSR count). The lowest BCUT2D eigenvalue weighted by atomic mass is 10.2. The van der Waals surface area contributed by atoms with Crippen molar-refractivity contribution in [3.63, 3.8) is 0 Å². The zero-order chi connectivity index (χ0) is 12.4. The second-order valence-corrected chi connectivity index (χ2v) is 5.33. The highest BCUT2D eigenvalue weighted by atomic mass is 79.9. The second kappa shape index (κ2) is 5.50. The molecule has 2 aromatic rings. The Hall–Kier alpha value is -0.390. The molecule has 3 nitrogen and oxygen atoms in total. The van der Waals surface area contributed by atoms with Crippen LogP contribution in [0, 0.1) is 0 Å². The molecule has 0 aliphatic heterocycles. The van der Waals surface area contributed by atoms with Gasteiger partial charge in [-0.25, -0.2) is 0 Å². The molecule has 17 heavy (non-hydrogen) atoms. The molecular formula is C11H10Br2ClN3. The quantitative estimate of drug-likeness (QED) is 0.746. The first kappa shape index (κ1) is 13.1. The second-order valence-electron chi connectivity index (χ2n) is 3.44. The highest BCUT2D eigenvalue weighted by molar-refractivity contribution is 9.10. The Morgan fingerprint density at radius 2 is 2.12 bits per heavy atom. The van der Waals surface area contributed by atoms with Gasteiger partial charge in [-0.1, -0.05) is 43.5 Å². The Labute approximate surface area is 121 Å². The largest absolute Gasteiger partial charge is 0.311 e. The molecule has 0 N–H and O–H groups in total. The van der Waals surface area contributed by atoms with E-state index in [1.807, 2.05) is 22.8 Å². The fourth-order valence-corrected chi connectivity index (χ4v) is 2.81. The third kappa shape index (κ3) is 2.56. The van der Waals surface area contributed by atoms with Gasteiger partial charge >= 0.3 is 0 Å². The fourth-order valence-electron chi connectivity index (χ4n) is 1.64. The van der Waals surface area contributed by atoms with Crippen molar-refractivity contribution in [3.8, 4) is 11.4 Å². The molecule has 0 aliphatic rings. The summed E-state index contributed by atoms with van der Waals surface area (Å²) in [5.74, 6) is 1.71. The van der Waals surface area contributed by atoms with E-state index in [2.05, 4.69) is 49.0 Å². The summed E-state index contributed by atoms with van der Waals surface area (Å²) in [6.45, 7) is 2.88. The minimum atomic E-state index is 0.669. The summed E-state index contributed by atoms with van der Waals surface area (Å²) < 4.78 is 3.00. The maximum atomic E-state index is 6.22. The lowest BCUT2D eigenvalue weighted by Crippen LogP contribution is -2.02. The molecule has 90 valence electrons. The van der Waals surface area contributed by atoms with E-state index in [4.69, 9.17) is 11.6 Å². The van der Waals surface area contributed by atoms with Crippen molar-refractivity contribution in [3.05, 3.63) is 33.5 Å². The van der Waals surface area contributed by atoms with E-state index in [0.29, 0.717) is 10.4 Å². The molecule has 0 unspecified atom stereocenters. The van der Waals surface area contributed by atoms with Crippen LogP contribution in [0.5, 0.6) is 0 Å². The van der Waals surface area contributed by atoms with Crippen LogP contribution in [0.4, 0.5) is 0 Å². The van der Waals surface area contributed by atoms with Crippen LogP contribution in [0.3, 0.4) is 0 Å². The van der Waals surface area contributed by atoms with E-state index in [1.54, 1.807) is 0 Å². The summed E-state index contributed by atoms with van der Waals surface area (Å²) in [5.41, 5.74) is 0.899.